The van der Waals surface area contributed by atoms with Crippen LogP contribution < -0.4 is 10.6 Å². The molecule has 1 aromatic rings. The number of aromatic nitrogens is 2. The van der Waals surface area contributed by atoms with Gasteiger partial charge in [0.2, 0.25) is 0 Å². The first-order valence-electron chi connectivity index (χ1n) is 4.64. The Morgan fingerprint density at radius 1 is 1.50 bits per heavy atom. The lowest BCUT2D eigenvalue weighted by molar-refractivity contribution is 0.274. The molecule has 0 saturated carbocycles. The summed E-state index contributed by atoms with van der Waals surface area (Å²) in [7, 11) is 4.15. The second kappa shape index (κ2) is 3.45. The van der Waals surface area contributed by atoms with Gasteiger partial charge in [-0.25, -0.2) is 0 Å². The van der Waals surface area contributed by atoms with Crippen molar-refractivity contribution in [3.63, 3.8) is 0 Å². The van der Waals surface area contributed by atoms with Crippen LogP contribution in [-0.2, 0) is 0 Å². The summed E-state index contributed by atoms with van der Waals surface area (Å²) in [4.78, 5) is 4.22. The normalized spacial score (nSPS) is 17.5. The quantitative estimate of drug-likeness (QED) is 0.714. The lowest BCUT2D eigenvalue weighted by Crippen LogP contribution is -2.50. The SMILES string of the molecule is CN(C)CC1CN(c2nnc(N)o2)C1. The molecule has 0 aliphatic carbocycles. The van der Waals surface area contributed by atoms with Crippen LogP contribution in [0.3, 0.4) is 0 Å². The maximum Gasteiger partial charge on any atom is 0.319 e. The lowest BCUT2D eigenvalue weighted by Gasteiger charge is -2.38. The van der Waals surface area contributed by atoms with Crippen molar-refractivity contribution in [2.24, 2.45) is 5.92 Å². The summed E-state index contributed by atoms with van der Waals surface area (Å²) in [5.41, 5.74) is 5.34. The van der Waals surface area contributed by atoms with Crippen LogP contribution in [-0.4, -0.2) is 48.8 Å². The lowest BCUT2D eigenvalue weighted by atomic mass is 10.0. The molecule has 2 heterocycles. The third kappa shape index (κ3) is 1.79. The third-order valence-corrected chi connectivity index (χ3v) is 2.28. The molecule has 2 N–H and O–H groups in total. The number of nitrogens with zero attached hydrogens (tertiary/aromatic N) is 4. The second-order valence-electron chi connectivity index (χ2n) is 3.96. The molecule has 1 fully saturated rings. The highest BCUT2D eigenvalue weighted by molar-refractivity contribution is 5.32. The fourth-order valence-corrected chi connectivity index (χ4v) is 1.71. The number of nitrogens with two attached hydrogens (primary N) is 1. The van der Waals surface area contributed by atoms with Gasteiger partial charge in [-0.05, 0) is 14.1 Å². The Bertz CT molecular complexity index is 304. The Kier molecular flexibility index (Phi) is 2.28. The van der Waals surface area contributed by atoms with Gasteiger partial charge in [-0.3, -0.25) is 0 Å². The van der Waals surface area contributed by atoms with Crippen molar-refractivity contribution >= 4 is 12.0 Å². The molecule has 1 aliphatic heterocycles. The van der Waals surface area contributed by atoms with Gasteiger partial charge in [0, 0.05) is 25.6 Å². The molecule has 1 aliphatic rings. The van der Waals surface area contributed by atoms with Gasteiger partial charge >= 0.3 is 12.0 Å². The van der Waals surface area contributed by atoms with Crippen molar-refractivity contribution in [3.8, 4) is 0 Å². The molecule has 0 radical (unpaired) electrons. The highest BCUT2D eigenvalue weighted by atomic mass is 16.4. The Morgan fingerprint density at radius 2 is 2.21 bits per heavy atom. The van der Waals surface area contributed by atoms with Gasteiger partial charge in [-0.15, -0.1) is 0 Å². The van der Waals surface area contributed by atoms with Gasteiger partial charge < -0.3 is 20.0 Å². The van der Waals surface area contributed by atoms with Crippen LogP contribution in [0.1, 0.15) is 0 Å². The van der Waals surface area contributed by atoms with Crippen molar-refractivity contribution in [3.05, 3.63) is 0 Å². The van der Waals surface area contributed by atoms with E-state index < -0.39 is 0 Å². The smallest absolute Gasteiger partial charge is 0.319 e. The van der Waals surface area contributed by atoms with Gasteiger partial charge in [-0.1, -0.05) is 10.2 Å². The van der Waals surface area contributed by atoms with Crippen LogP contribution in [0.15, 0.2) is 4.42 Å². The van der Waals surface area contributed by atoms with Crippen molar-refractivity contribution in [1.82, 2.24) is 15.1 Å². The zero-order valence-electron chi connectivity index (χ0n) is 8.47. The summed E-state index contributed by atoms with van der Waals surface area (Å²) < 4.78 is 5.11. The molecule has 6 heteroatoms. The van der Waals surface area contributed by atoms with Crippen LogP contribution in [0.5, 0.6) is 0 Å². The number of rotatable bonds is 3. The van der Waals surface area contributed by atoms with Crippen LogP contribution in [0, 0.1) is 5.92 Å². The highest BCUT2D eigenvalue weighted by Crippen LogP contribution is 2.23. The standard InChI is InChI=1S/C8H15N5O/c1-12(2)3-6-4-13(5-6)8-11-10-7(9)14-8/h6H,3-5H2,1-2H3,(H2,9,10). The van der Waals surface area contributed by atoms with E-state index in [2.05, 4.69) is 29.2 Å². The number of anilines is 2. The third-order valence-electron chi connectivity index (χ3n) is 2.28. The van der Waals surface area contributed by atoms with E-state index in [9.17, 15) is 0 Å². The van der Waals surface area contributed by atoms with Crippen LogP contribution in [0.2, 0.25) is 0 Å². The first kappa shape index (κ1) is 9.26. The molecule has 1 saturated heterocycles. The van der Waals surface area contributed by atoms with Crippen molar-refractivity contribution < 1.29 is 4.42 Å². The van der Waals surface area contributed by atoms with E-state index in [0.29, 0.717) is 11.9 Å². The Labute approximate surface area is 82.7 Å². The monoisotopic (exact) mass is 197 g/mol. The Morgan fingerprint density at radius 3 is 2.71 bits per heavy atom. The minimum atomic E-state index is 0.135. The van der Waals surface area contributed by atoms with E-state index in [1.807, 2.05) is 4.90 Å². The number of hydrogen-bond donors (Lipinski definition) is 1. The van der Waals surface area contributed by atoms with Crippen LogP contribution >= 0.6 is 0 Å². The van der Waals surface area contributed by atoms with Gasteiger partial charge in [0.1, 0.15) is 0 Å². The summed E-state index contributed by atoms with van der Waals surface area (Å²) in [5, 5.41) is 7.44. The highest BCUT2D eigenvalue weighted by Gasteiger charge is 2.30. The molecule has 2 rings (SSSR count). The van der Waals surface area contributed by atoms with Crippen LogP contribution in [0.4, 0.5) is 12.0 Å². The summed E-state index contributed by atoms with van der Waals surface area (Å²) in [6, 6.07) is 0.675. The number of nitrogen functional groups attached to an aromatic ring is 1. The fraction of sp³-hybridized carbons (Fsp3) is 0.750. The predicted molar refractivity (Wildman–Crippen MR) is 53.0 cm³/mol. The van der Waals surface area contributed by atoms with Crippen LogP contribution in [0.25, 0.3) is 0 Å². The average molecular weight is 197 g/mol. The average Bonchev–Trinajstić information content (AvgIpc) is 2.42. The zero-order valence-corrected chi connectivity index (χ0v) is 8.47. The summed E-state index contributed by atoms with van der Waals surface area (Å²) in [5.74, 6) is 0.693. The molecule has 0 atom stereocenters. The first-order valence-corrected chi connectivity index (χ1v) is 4.64. The maximum atomic E-state index is 5.34. The number of hydrogen-bond acceptors (Lipinski definition) is 6. The van der Waals surface area contributed by atoms with Gasteiger partial charge in [0.25, 0.3) is 0 Å². The second-order valence-corrected chi connectivity index (χ2v) is 3.96. The van der Waals surface area contributed by atoms with Crippen molar-refractivity contribution in [1.29, 1.82) is 0 Å². The van der Waals surface area contributed by atoms with Gasteiger partial charge in [0.15, 0.2) is 0 Å². The first-order chi connectivity index (χ1) is 6.65. The van der Waals surface area contributed by atoms with E-state index in [4.69, 9.17) is 10.2 Å². The Balaban J connectivity index is 1.83. The van der Waals surface area contributed by atoms with Crippen molar-refractivity contribution in [2.45, 2.75) is 0 Å². The van der Waals surface area contributed by atoms with Crippen molar-refractivity contribution in [2.75, 3.05) is 44.4 Å². The molecule has 1 aromatic heterocycles. The summed E-state index contributed by atoms with van der Waals surface area (Å²) >= 11 is 0. The molecule has 6 nitrogen and oxygen atoms in total. The molecule has 14 heavy (non-hydrogen) atoms. The molecule has 0 unspecified atom stereocenters. The molecule has 0 bridgehead atoms. The van der Waals surface area contributed by atoms with E-state index >= 15 is 0 Å². The molecule has 0 amide bonds. The Hall–Kier alpha value is -1.30. The molecular weight excluding hydrogens is 182 g/mol. The topological polar surface area (TPSA) is 71.4 Å². The molecule has 78 valence electrons. The van der Waals surface area contributed by atoms with Gasteiger partial charge in [0.05, 0.1) is 0 Å². The largest absolute Gasteiger partial charge is 0.390 e. The fourth-order valence-electron chi connectivity index (χ4n) is 1.71. The molecule has 0 spiro atoms. The predicted octanol–water partition coefficient (Wildman–Crippen LogP) is -0.350. The van der Waals surface area contributed by atoms with Gasteiger partial charge in [-0.2, -0.15) is 0 Å². The van der Waals surface area contributed by atoms with E-state index in [0.717, 1.165) is 19.6 Å². The zero-order chi connectivity index (χ0) is 10.1. The van der Waals surface area contributed by atoms with E-state index in [1.165, 1.54) is 0 Å². The van der Waals surface area contributed by atoms with E-state index in [1.54, 1.807) is 0 Å². The molecule has 0 aromatic carbocycles. The maximum absolute atomic E-state index is 5.34. The molecular formula is C8H15N5O. The van der Waals surface area contributed by atoms with E-state index in [-0.39, 0.29) is 6.01 Å². The summed E-state index contributed by atoms with van der Waals surface area (Å²) in [6.07, 6.45) is 0. The minimum absolute atomic E-state index is 0.135. The summed E-state index contributed by atoms with van der Waals surface area (Å²) in [6.45, 7) is 3.04. The minimum Gasteiger partial charge on any atom is -0.390 e.